The number of ether oxygens (including phenoxy) is 1. The van der Waals surface area contributed by atoms with Crippen LogP contribution in [0.25, 0.3) is 0 Å². The Morgan fingerprint density at radius 3 is 2.84 bits per heavy atom. The maximum atomic E-state index is 11.9. The Bertz CT molecular complexity index is 651. The van der Waals surface area contributed by atoms with Gasteiger partial charge >= 0.3 is 0 Å². The molecule has 0 aliphatic heterocycles. The van der Waals surface area contributed by atoms with E-state index in [4.69, 9.17) is 17.0 Å². The smallest absolute Gasteiger partial charge is 0.255 e. The molecule has 2 aromatic rings. The SMILES string of the molecule is COCCn1cc(Cc2cncnc2)c(=O)[nH]c1=S. The lowest BCUT2D eigenvalue weighted by Crippen LogP contribution is -2.19. The van der Waals surface area contributed by atoms with Gasteiger partial charge in [-0.25, -0.2) is 9.97 Å². The van der Waals surface area contributed by atoms with Crippen LogP contribution in [0.15, 0.2) is 29.7 Å². The lowest BCUT2D eigenvalue weighted by molar-refractivity contribution is 0.186. The van der Waals surface area contributed by atoms with E-state index >= 15 is 0 Å². The Balaban J connectivity index is 2.30. The topological polar surface area (TPSA) is 72.8 Å². The molecule has 0 amide bonds. The van der Waals surface area contributed by atoms with Crippen LogP contribution in [0.1, 0.15) is 11.1 Å². The van der Waals surface area contributed by atoms with Gasteiger partial charge in [-0.3, -0.25) is 9.78 Å². The van der Waals surface area contributed by atoms with Crippen LogP contribution in [0, 0.1) is 4.77 Å². The Labute approximate surface area is 115 Å². The fourth-order valence-corrected chi connectivity index (χ4v) is 1.91. The van der Waals surface area contributed by atoms with Gasteiger partial charge in [-0.05, 0) is 17.8 Å². The van der Waals surface area contributed by atoms with Crippen LogP contribution in [0.3, 0.4) is 0 Å². The van der Waals surface area contributed by atoms with Crippen molar-refractivity contribution in [3.05, 3.63) is 51.2 Å². The normalized spacial score (nSPS) is 10.6. The second kappa shape index (κ2) is 6.35. The van der Waals surface area contributed by atoms with Crippen LogP contribution in [0.5, 0.6) is 0 Å². The monoisotopic (exact) mass is 278 g/mol. The average Bonchev–Trinajstić information content (AvgIpc) is 2.42. The Morgan fingerprint density at radius 1 is 1.42 bits per heavy atom. The van der Waals surface area contributed by atoms with Crippen LogP contribution in [0.4, 0.5) is 0 Å². The van der Waals surface area contributed by atoms with E-state index in [2.05, 4.69) is 15.0 Å². The standard InChI is InChI=1S/C12H14N4O2S/c1-18-3-2-16-7-10(11(17)15-12(16)19)4-9-5-13-8-14-6-9/h5-8H,2-4H2,1H3,(H,15,17,19). The van der Waals surface area contributed by atoms with Gasteiger partial charge in [-0.15, -0.1) is 0 Å². The number of hydrogen-bond acceptors (Lipinski definition) is 5. The van der Waals surface area contributed by atoms with Gasteiger partial charge in [0.1, 0.15) is 6.33 Å². The molecule has 0 saturated carbocycles. The van der Waals surface area contributed by atoms with Crippen LogP contribution in [-0.2, 0) is 17.7 Å². The van der Waals surface area contributed by atoms with Crippen molar-refractivity contribution in [2.24, 2.45) is 0 Å². The van der Waals surface area contributed by atoms with Gasteiger partial charge in [0.05, 0.1) is 6.61 Å². The highest BCUT2D eigenvalue weighted by Gasteiger charge is 2.04. The van der Waals surface area contributed by atoms with Crippen molar-refractivity contribution in [3.63, 3.8) is 0 Å². The van der Waals surface area contributed by atoms with E-state index in [-0.39, 0.29) is 5.56 Å². The van der Waals surface area contributed by atoms with Gasteiger partial charge in [-0.2, -0.15) is 0 Å². The molecule has 0 radical (unpaired) electrons. The number of hydrogen-bond donors (Lipinski definition) is 1. The lowest BCUT2D eigenvalue weighted by atomic mass is 10.1. The van der Waals surface area contributed by atoms with Crippen molar-refractivity contribution in [2.75, 3.05) is 13.7 Å². The number of H-pyrrole nitrogens is 1. The molecule has 0 aliphatic carbocycles. The molecule has 0 saturated heterocycles. The number of aromatic amines is 1. The number of nitrogens with one attached hydrogen (secondary N) is 1. The second-order valence-corrected chi connectivity index (χ2v) is 4.41. The van der Waals surface area contributed by atoms with Gasteiger partial charge in [0, 0.05) is 44.2 Å². The summed E-state index contributed by atoms with van der Waals surface area (Å²) in [4.78, 5) is 22.4. The predicted octanol–water partition coefficient (Wildman–Crippen LogP) is 0.933. The molecule has 1 N–H and O–H groups in total. The van der Waals surface area contributed by atoms with Crippen molar-refractivity contribution in [2.45, 2.75) is 13.0 Å². The number of nitrogens with zero attached hydrogens (tertiary/aromatic N) is 3. The molecule has 0 unspecified atom stereocenters. The first-order chi connectivity index (χ1) is 9.20. The fourth-order valence-electron chi connectivity index (χ4n) is 1.68. The van der Waals surface area contributed by atoms with Gasteiger partial charge in [0.2, 0.25) is 0 Å². The van der Waals surface area contributed by atoms with E-state index in [0.717, 1.165) is 5.56 Å². The first-order valence-corrected chi connectivity index (χ1v) is 6.17. The summed E-state index contributed by atoms with van der Waals surface area (Å²) in [5, 5.41) is 0. The third-order valence-electron chi connectivity index (χ3n) is 2.63. The first-order valence-electron chi connectivity index (χ1n) is 5.76. The highest BCUT2D eigenvalue weighted by atomic mass is 32.1. The Kier molecular flexibility index (Phi) is 4.53. The minimum absolute atomic E-state index is 0.178. The summed E-state index contributed by atoms with van der Waals surface area (Å²) in [6.07, 6.45) is 7.06. The summed E-state index contributed by atoms with van der Waals surface area (Å²) in [5.41, 5.74) is 1.32. The van der Waals surface area contributed by atoms with E-state index < -0.39 is 0 Å². The summed E-state index contributed by atoms with van der Waals surface area (Å²) in [7, 11) is 1.62. The summed E-state index contributed by atoms with van der Waals surface area (Å²) >= 11 is 5.10. The maximum Gasteiger partial charge on any atom is 0.255 e. The molecule has 0 spiro atoms. The molecule has 100 valence electrons. The first kappa shape index (κ1) is 13.6. The summed E-state index contributed by atoms with van der Waals surface area (Å²) in [5.74, 6) is 0. The lowest BCUT2D eigenvalue weighted by Gasteiger charge is -2.08. The largest absolute Gasteiger partial charge is 0.383 e. The zero-order valence-electron chi connectivity index (χ0n) is 10.5. The molecule has 0 bridgehead atoms. The fraction of sp³-hybridized carbons (Fsp3) is 0.333. The maximum absolute atomic E-state index is 11.9. The van der Waals surface area contributed by atoms with Crippen molar-refractivity contribution in [3.8, 4) is 0 Å². The minimum Gasteiger partial charge on any atom is -0.383 e. The second-order valence-electron chi connectivity index (χ2n) is 4.02. The molecule has 0 fully saturated rings. The van der Waals surface area contributed by atoms with Crippen LogP contribution >= 0.6 is 12.2 Å². The number of aromatic nitrogens is 4. The van der Waals surface area contributed by atoms with Gasteiger partial charge in [-0.1, -0.05) is 0 Å². The third-order valence-corrected chi connectivity index (χ3v) is 2.97. The van der Waals surface area contributed by atoms with Crippen molar-refractivity contribution in [1.29, 1.82) is 0 Å². The number of rotatable bonds is 5. The molecule has 0 aliphatic rings. The average molecular weight is 278 g/mol. The highest BCUT2D eigenvalue weighted by Crippen LogP contribution is 2.03. The third kappa shape index (κ3) is 3.55. The van der Waals surface area contributed by atoms with Crippen molar-refractivity contribution >= 4 is 12.2 Å². The van der Waals surface area contributed by atoms with Crippen molar-refractivity contribution < 1.29 is 4.74 Å². The molecule has 6 nitrogen and oxygen atoms in total. The zero-order chi connectivity index (χ0) is 13.7. The highest BCUT2D eigenvalue weighted by molar-refractivity contribution is 7.71. The molecule has 0 atom stereocenters. The molecule has 2 heterocycles. The van der Waals surface area contributed by atoms with Gasteiger partial charge < -0.3 is 9.30 Å². The molecular weight excluding hydrogens is 264 g/mol. The van der Waals surface area contributed by atoms with Crippen LogP contribution in [0.2, 0.25) is 0 Å². The summed E-state index contributed by atoms with van der Waals surface area (Å²) < 4.78 is 7.20. The van der Waals surface area contributed by atoms with Crippen LogP contribution in [-0.4, -0.2) is 33.2 Å². The Morgan fingerprint density at radius 2 is 2.16 bits per heavy atom. The van der Waals surface area contributed by atoms with E-state index in [9.17, 15) is 4.79 Å². The minimum atomic E-state index is -0.178. The Hall–Kier alpha value is -1.86. The molecule has 0 aromatic carbocycles. The molecule has 7 heteroatoms. The summed E-state index contributed by atoms with van der Waals surface area (Å²) in [6, 6.07) is 0. The van der Waals surface area contributed by atoms with E-state index in [1.54, 1.807) is 30.3 Å². The van der Waals surface area contributed by atoms with Crippen LogP contribution < -0.4 is 5.56 Å². The van der Waals surface area contributed by atoms with Gasteiger partial charge in [0.15, 0.2) is 4.77 Å². The molecule has 2 rings (SSSR count). The van der Waals surface area contributed by atoms with Crippen molar-refractivity contribution in [1.82, 2.24) is 19.5 Å². The zero-order valence-corrected chi connectivity index (χ0v) is 11.3. The molecule has 2 aromatic heterocycles. The molecular formula is C12H14N4O2S. The summed E-state index contributed by atoms with van der Waals surface area (Å²) in [6.45, 7) is 1.14. The number of methoxy groups -OCH3 is 1. The predicted molar refractivity (Wildman–Crippen MR) is 72.6 cm³/mol. The van der Waals surface area contributed by atoms with E-state index in [0.29, 0.717) is 29.9 Å². The molecule has 19 heavy (non-hydrogen) atoms. The quantitative estimate of drug-likeness (QED) is 0.824. The van der Waals surface area contributed by atoms with E-state index in [1.807, 2.05) is 0 Å². The van der Waals surface area contributed by atoms with E-state index in [1.165, 1.54) is 6.33 Å². The van der Waals surface area contributed by atoms with Gasteiger partial charge in [0.25, 0.3) is 5.56 Å².